The quantitative estimate of drug-likeness (QED) is 0.460. The van der Waals surface area contributed by atoms with Gasteiger partial charge in [0, 0.05) is 22.9 Å². The molecule has 0 aliphatic heterocycles. The van der Waals surface area contributed by atoms with Gasteiger partial charge in [-0.3, -0.25) is 0 Å². The molecule has 4 rings (SSSR count). The average Bonchev–Trinajstić information content (AvgIpc) is 3.14. The van der Waals surface area contributed by atoms with Crippen LogP contribution in [0.15, 0.2) is 66.9 Å². The molecule has 2 heterocycles. The molecule has 2 aromatic carbocycles. The van der Waals surface area contributed by atoms with Crippen LogP contribution in [0.1, 0.15) is 19.4 Å². The van der Waals surface area contributed by atoms with Gasteiger partial charge in [0.25, 0.3) is 0 Å². The molecule has 0 bridgehead atoms. The van der Waals surface area contributed by atoms with Crippen molar-refractivity contribution in [3.63, 3.8) is 0 Å². The zero-order valence-corrected chi connectivity index (χ0v) is 16.5. The van der Waals surface area contributed by atoms with Gasteiger partial charge in [-0.25, -0.2) is 14.4 Å². The van der Waals surface area contributed by atoms with Crippen LogP contribution in [0.4, 0.5) is 10.2 Å². The van der Waals surface area contributed by atoms with Gasteiger partial charge in [-0.1, -0.05) is 38.1 Å². The van der Waals surface area contributed by atoms with E-state index in [1.165, 1.54) is 17.7 Å². The maximum absolute atomic E-state index is 13.4. The topological polar surface area (TPSA) is 67.6 Å². The predicted octanol–water partition coefficient (Wildman–Crippen LogP) is 5.73. The summed E-state index contributed by atoms with van der Waals surface area (Å²) in [6.07, 6.45) is 2.75. The zero-order chi connectivity index (χ0) is 20.4. The summed E-state index contributed by atoms with van der Waals surface area (Å²) in [4.78, 5) is 12.4. The molecule has 5 heteroatoms. The fourth-order valence-corrected chi connectivity index (χ4v) is 3.36. The molecule has 0 unspecified atom stereocenters. The Morgan fingerprint density at radius 2 is 1.55 bits per heavy atom. The Kier molecular flexibility index (Phi) is 5.12. The minimum Gasteiger partial charge on any atom is -0.384 e. The highest BCUT2D eigenvalue weighted by atomic mass is 19.1. The van der Waals surface area contributed by atoms with E-state index in [4.69, 9.17) is 10.7 Å². The van der Waals surface area contributed by atoms with Gasteiger partial charge < -0.3 is 10.7 Å². The molecular formula is C24H23FN4. The van der Waals surface area contributed by atoms with Gasteiger partial charge in [0.05, 0.1) is 11.4 Å². The van der Waals surface area contributed by atoms with Crippen molar-refractivity contribution in [1.82, 2.24) is 15.0 Å². The number of nitrogens with zero attached hydrogens (tertiary/aromatic N) is 2. The zero-order valence-electron chi connectivity index (χ0n) is 16.5. The van der Waals surface area contributed by atoms with E-state index in [9.17, 15) is 4.39 Å². The van der Waals surface area contributed by atoms with E-state index in [0.29, 0.717) is 11.7 Å². The van der Waals surface area contributed by atoms with Crippen LogP contribution in [0, 0.1) is 11.7 Å². The molecule has 146 valence electrons. The van der Waals surface area contributed by atoms with Crippen molar-refractivity contribution in [2.75, 3.05) is 5.73 Å². The molecule has 0 saturated carbocycles. The number of aromatic nitrogens is 3. The highest BCUT2D eigenvalue weighted by Crippen LogP contribution is 2.33. The lowest BCUT2D eigenvalue weighted by Crippen LogP contribution is -1.93. The fraction of sp³-hybridized carbons (Fsp3) is 0.167. The van der Waals surface area contributed by atoms with Crippen LogP contribution in [0.2, 0.25) is 0 Å². The van der Waals surface area contributed by atoms with Crippen LogP contribution < -0.4 is 5.73 Å². The Morgan fingerprint density at radius 1 is 0.897 bits per heavy atom. The molecule has 2 aromatic heterocycles. The highest BCUT2D eigenvalue weighted by molar-refractivity contribution is 5.81. The number of benzene rings is 2. The first-order valence-corrected chi connectivity index (χ1v) is 9.67. The fourth-order valence-electron chi connectivity index (χ4n) is 3.36. The Morgan fingerprint density at radius 3 is 2.17 bits per heavy atom. The molecule has 0 aliphatic rings. The van der Waals surface area contributed by atoms with Gasteiger partial charge in [0.1, 0.15) is 17.5 Å². The second-order valence-corrected chi connectivity index (χ2v) is 7.58. The minimum atomic E-state index is -0.273. The molecule has 4 nitrogen and oxygen atoms in total. The van der Waals surface area contributed by atoms with Crippen molar-refractivity contribution < 1.29 is 4.39 Å². The molecule has 4 aromatic rings. The number of pyridine rings is 1. The predicted molar refractivity (Wildman–Crippen MR) is 116 cm³/mol. The summed E-state index contributed by atoms with van der Waals surface area (Å²) in [7, 11) is 0. The van der Waals surface area contributed by atoms with Crippen molar-refractivity contribution >= 4 is 5.82 Å². The molecule has 29 heavy (non-hydrogen) atoms. The first-order chi connectivity index (χ1) is 14.0. The van der Waals surface area contributed by atoms with E-state index in [1.54, 1.807) is 24.4 Å². The molecule has 0 amide bonds. The minimum absolute atomic E-state index is 0.273. The Bertz CT molecular complexity index is 1030. The number of aromatic amines is 1. The van der Waals surface area contributed by atoms with E-state index in [1.807, 2.05) is 6.07 Å². The standard InChI is InChI=1S/C24H23FN4/c1-15(2)13-16-3-5-18(6-4-16)24-28-22(17-7-10-20(25)11-8-17)23(29-24)19-9-12-21(26)27-14-19/h3-12,14-15H,13H2,1-2H3,(H2,26,27)(H,28,29). The Labute approximate surface area is 169 Å². The van der Waals surface area contributed by atoms with Gasteiger partial charge >= 0.3 is 0 Å². The van der Waals surface area contributed by atoms with Crippen molar-refractivity contribution in [3.8, 4) is 33.9 Å². The van der Waals surface area contributed by atoms with Gasteiger partial charge in [-0.15, -0.1) is 0 Å². The molecule has 0 aliphatic carbocycles. The third-order valence-corrected chi connectivity index (χ3v) is 4.77. The highest BCUT2D eigenvalue weighted by Gasteiger charge is 2.16. The van der Waals surface area contributed by atoms with E-state index in [0.717, 1.165) is 40.3 Å². The summed E-state index contributed by atoms with van der Waals surface area (Å²) in [5, 5.41) is 0. The first-order valence-electron chi connectivity index (χ1n) is 9.67. The molecule has 0 fully saturated rings. The van der Waals surface area contributed by atoms with Crippen LogP contribution >= 0.6 is 0 Å². The number of H-pyrrole nitrogens is 1. The summed E-state index contributed by atoms with van der Waals surface area (Å²) < 4.78 is 13.4. The van der Waals surface area contributed by atoms with Crippen LogP contribution in [0.5, 0.6) is 0 Å². The molecule has 0 saturated heterocycles. The molecule has 0 atom stereocenters. The number of nitrogens with two attached hydrogens (primary N) is 1. The number of rotatable bonds is 5. The number of nitrogens with one attached hydrogen (secondary N) is 1. The van der Waals surface area contributed by atoms with Gasteiger partial charge in [-0.05, 0) is 54.3 Å². The van der Waals surface area contributed by atoms with Crippen LogP contribution in [0.3, 0.4) is 0 Å². The number of hydrogen-bond donors (Lipinski definition) is 2. The summed E-state index contributed by atoms with van der Waals surface area (Å²) >= 11 is 0. The van der Waals surface area contributed by atoms with E-state index in [-0.39, 0.29) is 5.82 Å². The van der Waals surface area contributed by atoms with E-state index < -0.39 is 0 Å². The SMILES string of the molecule is CC(C)Cc1ccc(-c2nc(-c3ccc(N)nc3)c(-c3ccc(F)cc3)[nH]2)cc1. The second-order valence-electron chi connectivity index (χ2n) is 7.58. The summed E-state index contributed by atoms with van der Waals surface area (Å²) in [6, 6.07) is 18.5. The lowest BCUT2D eigenvalue weighted by atomic mass is 10.0. The van der Waals surface area contributed by atoms with Crippen molar-refractivity contribution in [2.45, 2.75) is 20.3 Å². The van der Waals surface area contributed by atoms with Gasteiger partial charge in [0.2, 0.25) is 0 Å². The maximum Gasteiger partial charge on any atom is 0.138 e. The van der Waals surface area contributed by atoms with Crippen LogP contribution in [-0.2, 0) is 6.42 Å². The Balaban J connectivity index is 1.78. The monoisotopic (exact) mass is 386 g/mol. The number of anilines is 1. The number of hydrogen-bond acceptors (Lipinski definition) is 3. The molecule has 3 N–H and O–H groups in total. The summed E-state index contributed by atoms with van der Waals surface area (Å²) in [5.41, 5.74) is 11.3. The maximum atomic E-state index is 13.4. The van der Waals surface area contributed by atoms with E-state index in [2.05, 4.69) is 48.1 Å². The summed E-state index contributed by atoms with van der Waals surface area (Å²) in [5.74, 6) is 1.55. The average molecular weight is 386 g/mol. The van der Waals surface area contributed by atoms with Crippen molar-refractivity contribution in [3.05, 3.63) is 78.2 Å². The summed E-state index contributed by atoms with van der Waals surface area (Å²) in [6.45, 7) is 4.42. The lowest BCUT2D eigenvalue weighted by Gasteiger charge is -2.05. The molecular weight excluding hydrogens is 363 g/mol. The normalized spacial score (nSPS) is 11.2. The van der Waals surface area contributed by atoms with Crippen molar-refractivity contribution in [2.24, 2.45) is 5.92 Å². The second kappa shape index (κ2) is 7.87. The van der Waals surface area contributed by atoms with Gasteiger partial charge in [-0.2, -0.15) is 0 Å². The first kappa shape index (κ1) is 18.9. The smallest absolute Gasteiger partial charge is 0.138 e. The number of halogens is 1. The lowest BCUT2D eigenvalue weighted by molar-refractivity contribution is 0.628. The largest absolute Gasteiger partial charge is 0.384 e. The Hall–Kier alpha value is -3.47. The third kappa shape index (κ3) is 4.19. The van der Waals surface area contributed by atoms with E-state index >= 15 is 0 Å². The number of nitrogen functional groups attached to an aromatic ring is 1. The molecule has 0 spiro atoms. The van der Waals surface area contributed by atoms with Crippen LogP contribution in [0.25, 0.3) is 33.9 Å². The van der Waals surface area contributed by atoms with Crippen LogP contribution in [-0.4, -0.2) is 15.0 Å². The number of imidazole rings is 1. The van der Waals surface area contributed by atoms with Crippen molar-refractivity contribution in [1.29, 1.82) is 0 Å². The van der Waals surface area contributed by atoms with Gasteiger partial charge in [0.15, 0.2) is 0 Å². The third-order valence-electron chi connectivity index (χ3n) is 4.77. The molecule has 0 radical (unpaired) electrons.